The van der Waals surface area contributed by atoms with Gasteiger partial charge in [-0.05, 0) is 31.1 Å². The summed E-state index contributed by atoms with van der Waals surface area (Å²) >= 11 is 4.19. The van der Waals surface area contributed by atoms with Gasteiger partial charge in [0.25, 0.3) is 0 Å². The van der Waals surface area contributed by atoms with Gasteiger partial charge in [-0.1, -0.05) is 32.0 Å². The van der Waals surface area contributed by atoms with Gasteiger partial charge in [-0.15, -0.1) is 11.8 Å². The van der Waals surface area contributed by atoms with Gasteiger partial charge >= 0.3 is 0 Å². The highest BCUT2D eigenvalue weighted by atomic mass is 32.2. The Balaban J connectivity index is 1.65. The minimum absolute atomic E-state index is 0.795. The van der Waals surface area contributed by atoms with Gasteiger partial charge in [0.15, 0.2) is 0 Å². The molecular formula is C15H23NS2. The van der Waals surface area contributed by atoms with Crippen molar-refractivity contribution < 1.29 is 0 Å². The van der Waals surface area contributed by atoms with E-state index in [2.05, 4.69) is 66.5 Å². The number of fused-ring (bicyclic) bond motifs is 1. The smallest absolute Gasteiger partial charge is 0.0226 e. The molecule has 0 fully saturated rings. The Bertz CT molecular complexity index is 338. The summed E-state index contributed by atoms with van der Waals surface area (Å²) in [6.45, 7) is 8.10. The van der Waals surface area contributed by atoms with Gasteiger partial charge in [-0.25, -0.2) is 0 Å². The van der Waals surface area contributed by atoms with Crippen LogP contribution in [-0.4, -0.2) is 41.3 Å². The van der Waals surface area contributed by atoms with Crippen molar-refractivity contribution in [1.29, 1.82) is 0 Å². The Hall–Kier alpha value is -0.120. The van der Waals surface area contributed by atoms with Crippen molar-refractivity contribution >= 4 is 23.5 Å². The van der Waals surface area contributed by atoms with Gasteiger partial charge in [-0.2, -0.15) is 11.8 Å². The third kappa shape index (κ3) is 3.94. The highest BCUT2D eigenvalue weighted by Crippen LogP contribution is 2.38. The summed E-state index contributed by atoms with van der Waals surface area (Å²) < 4.78 is 0. The van der Waals surface area contributed by atoms with Gasteiger partial charge in [0.05, 0.1) is 0 Å². The molecule has 0 radical (unpaired) electrons. The Morgan fingerprint density at radius 2 is 2.06 bits per heavy atom. The molecule has 0 bridgehead atoms. The molecule has 1 heterocycles. The van der Waals surface area contributed by atoms with E-state index in [1.165, 1.54) is 42.5 Å². The lowest BCUT2D eigenvalue weighted by Crippen LogP contribution is -2.25. The summed E-state index contributed by atoms with van der Waals surface area (Å²) in [6.07, 6.45) is 1.26. The Morgan fingerprint density at radius 1 is 1.28 bits per heavy atom. The fraction of sp³-hybridized carbons (Fsp3) is 0.600. The molecule has 0 aromatic heterocycles. The van der Waals surface area contributed by atoms with Gasteiger partial charge in [0.1, 0.15) is 0 Å². The average molecular weight is 281 g/mol. The van der Waals surface area contributed by atoms with E-state index in [1.54, 1.807) is 5.56 Å². The first kappa shape index (κ1) is 14.3. The van der Waals surface area contributed by atoms with E-state index in [0.717, 1.165) is 5.25 Å². The summed E-state index contributed by atoms with van der Waals surface area (Å²) in [7, 11) is 0. The number of benzene rings is 1. The standard InChI is InChI=1S/C15H23NS2/c1-3-16(4-2)9-10-17-12-14-11-13-7-5-6-8-15(13)18-14/h5-8,14H,3-4,9-12H2,1-2H3. The van der Waals surface area contributed by atoms with Crippen LogP contribution in [-0.2, 0) is 6.42 Å². The van der Waals surface area contributed by atoms with E-state index in [-0.39, 0.29) is 0 Å². The molecule has 2 rings (SSSR count). The third-order valence-corrected chi connectivity index (χ3v) is 6.10. The molecule has 0 spiro atoms. The first-order valence-corrected chi connectivity index (χ1v) is 8.91. The van der Waals surface area contributed by atoms with E-state index in [4.69, 9.17) is 0 Å². The SMILES string of the molecule is CCN(CC)CCSCC1Cc2ccccc2S1. The van der Waals surface area contributed by atoms with Gasteiger partial charge < -0.3 is 4.90 Å². The lowest BCUT2D eigenvalue weighted by atomic mass is 10.1. The number of rotatable bonds is 7. The highest BCUT2D eigenvalue weighted by molar-refractivity contribution is 8.03. The molecule has 0 aliphatic carbocycles. The summed E-state index contributed by atoms with van der Waals surface area (Å²) in [5.74, 6) is 2.57. The van der Waals surface area contributed by atoms with Crippen LogP contribution in [0.25, 0.3) is 0 Å². The van der Waals surface area contributed by atoms with Crippen LogP contribution in [0.1, 0.15) is 19.4 Å². The summed E-state index contributed by atoms with van der Waals surface area (Å²) in [6, 6.07) is 8.86. The predicted molar refractivity (Wildman–Crippen MR) is 84.9 cm³/mol. The maximum absolute atomic E-state index is 2.50. The van der Waals surface area contributed by atoms with E-state index in [9.17, 15) is 0 Å². The van der Waals surface area contributed by atoms with E-state index in [0.29, 0.717) is 0 Å². The molecule has 0 saturated heterocycles. The molecular weight excluding hydrogens is 258 g/mol. The number of nitrogens with zero attached hydrogens (tertiary/aromatic N) is 1. The summed E-state index contributed by atoms with van der Waals surface area (Å²) in [5, 5.41) is 0.795. The van der Waals surface area contributed by atoms with Crippen LogP contribution in [0.5, 0.6) is 0 Å². The number of hydrogen-bond acceptors (Lipinski definition) is 3. The maximum Gasteiger partial charge on any atom is 0.0226 e. The number of thioether (sulfide) groups is 2. The predicted octanol–water partition coefficient (Wildman–Crippen LogP) is 3.78. The van der Waals surface area contributed by atoms with Crippen LogP contribution in [0.15, 0.2) is 29.2 Å². The van der Waals surface area contributed by atoms with Crippen LogP contribution in [0, 0.1) is 0 Å². The molecule has 1 atom stereocenters. The molecule has 1 aromatic rings. The average Bonchev–Trinajstić information content (AvgIpc) is 2.81. The van der Waals surface area contributed by atoms with Crippen molar-refractivity contribution in [3.8, 4) is 0 Å². The number of hydrogen-bond donors (Lipinski definition) is 0. The lowest BCUT2D eigenvalue weighted by Gasteiger charge is -2.17. The quantitative estimate of drug-likeness (QED) is 0.700. The molecule has 18 heavy (non-hydrogen) atoms. The van der Waals surface area contributed by atoms with Crippen LogP contribution >= 0.6 is 23.5 Å². The lowest BCUT2D eigenvalue weighted by molar-refractivity contribution is 0.324. The van der Waals surface area contributed by atoms with Crippen LogP contribution in [0.3, 0.4) is 0 Å². The second-order valence-corrected chi connectivity index (χ2v) is 7.15. The Kier molecular flexibility index (Phi) is 5.93. The monoisotopic (exact) mass is 281 g/mol. The maximum atomic E-state index is 2.50. The highest BCUT2D eigenvalue weighted by Gasteiger charge is 2.21. The molecule has 100 valence electrons. The molecule has 1 aromatic carbocycles. The third-order valence-electron chi connectivity index (χ3n) is 3.46. The zero-order chi connectivity index (χ0) is 12.8. The van der Waals surface area contributed by atoms with Crippen molar-refractivity contribution in [2.75, 3.05) is 31.1 Å². The molecule has 0 amide bonds. The minimum atomic E-state index is 0.795. The largest absolute Gasteiger partial charge is 0.303 e. The molecule has 1 aliphatic rings. The first-order valence-electron chi connectivity index (χ1n) is 6.88. The Morgan fingerprint density at radius 3 is 2.78 bits per heavy atom. The van der Waals surface area contributed by atoms with Crippen molar-refractivity contribution in [2.45, 2.75) is 30.4 Å². The van der Waals surface area contributed by atoms with Crippen molar-refractivity contribution in [1.82, 2.24) is 4.90 Å². The topological polar surface area (TPSA) is 3.24 Å². The Labute approximate surface area is 120 Å². The fourth-order valence-corrected chi connectivity index (χ4v) is 4.87. The second kappa shape index (κ2) is 7.46. The van der Waals surface area contributed by atoms with E-state index in [1.807, 2.05) is 0 Å². The van der Waals surface area contributed by atoms with Crippen LogP contribution in [0.2, 0.25) is 0 Å². The zero-order valence-corrected chi connectivity index (χ0v) is 13.0. The van der Waals surface area contributed by atoms with Crippen molar-refractivity contribution in [2.24, 2.45) is 0 Å². The van der Waals surface area contributed by atoms with E-state index >= 15 is 0 Å². The molecule has 1 aliphatic heterocycles. The fourth-order valence-electron chi connectivity index (χ4n) is 2.30. The van der Waals surface area contributed by atoms with E-state index < -0.39 is 0 Å². The van der Waals surface area contributed by atoms with Crippen LogP contribution in [0.4, 0.5) is 0 Å². The van der Waals surface area contributed by atoms with Gasteiger partial charge in [0.2, 0.25) is 0 Å². The minimum Gasteiger partial charge on any atom is -0.303 e. The van der Waals surface area contributed by atoms with Crippen molar-refractivity contribution in [3.05, 3.63) is 29.8 Å². The van der Waals surface area contributed by atoms with Gasteiger partial charge in [0, 0.05) is 28.2 Å². The molecule has 0 saturated carbocycles. The summed E-state index contributed by atoms with van der Waals surface area (Å²) in [4.78, 5) is 4.01. The molecule has 1 unspecified atom stereocenters. The molecule has 0 N–H and O–H groups in total. The second-order valence-electron chi connectivity index (χ2n) is 4.65. The normalized spacial score (nSPS) is 18.3. The zero-order valence-electron chi connectivity index (χ0n) is 11.4. The molecule has 3 heteroatoms. The molecule has 1 nitrogen and oxygen atoms in total. The van der Waals surface area contributed by atoms with Crippen molar-refractivity contribution in [3.63, 3.8) is 0 Å². The summed E-state index contributed by atoms with van der Waals surface area (Å²) in [5.41, 5.74) is 1.55. The van der Waals surface area contributed by atoms with Gasteiger partial charge in [-0.3, -0.25) is 0 Å². The van der Waals surface area contributed by atoms with Crippen LogP contribution < -0.4 is 0 Å². The first-order chi connectivity index (χ1) is 8.83.